The lowest BCUT2D eigenvalue weighted by atomic mass is 9.87. The van der Waals surface area contributed by atoms with Crippen LogP contribution in [0.3, 0.4) is 0 Å². The molecule has 10 heteroatoms. The number of hydrogen-bond acceptors (Lipinski definition) is 8. The van der Waals surface area contributed by atoms with Crippen LogP contribution in [-0.4, -0.2) is 45.7 Å². The highest BCUT2D eigenvalue weighted by Crippen LogP contribution is 2.30. The number of nitrogens with one attached hydrogen (secondary N) is 1. The second kappa shape index (κ2) is 12.6. The van der Waals surface area contributed by atoms with Gasteiger partial charge in [0.05, 0.1) is 19.1 Å². The topological polar surface area (TPSA) is 108 Å². The Balaban J connectivity index is 1.47. The first-order chi connectivity index (χ1) is 19.2. The second-order valence-corrected chi connectivity index (χ2v) is 10.8. The van der Waals surface area contributed by atoms with Crippen LogP contribution >= 0.6 is 11.8 Å². The molecule has 0 radical (unpaired) electrons. The molecule has 9 nitrogen and oxygen atoms in total. The Morgan fingerprint density at radius 1 is 1.00 bits per heavy atom. The van der Waals surface area contributed by atoms with Crippen molar-refractivity contribution in [2.24, 2.45) is 5.10 Å². The van der Waals surface area contributed by atoms with Crippen LogP contribution in [0.25, 0.3) is 17.1 Å². The average molecular weight is 558 g/mol. The molecule has 0 bridgehead atoms. The molecule has 3 aromatic carbocycles. The van der Waals surface area contributed by atoms with Crippen molar-refractivity contribution < 1.29 is 19.1 Å². The molecule has 0 saturated heterocycles. The molecule has 206 valence electrons. The largest absolute Gasteiger partial charge is 0.493 e. The number of ether oxygens (including phenoxy) is 2. The van der Waals surface area contributed by atoms with E-state index in [9.17, 15) is 9.59 Å². The molecule has 1 amide bonds. The molecule has 0 fully saturated rings. The fraction of sp³-hybridized carbons (Fsp3) is 0.233. The number of hydrazone groups is 1. The highest BCUT2D eigenvalue weighted by atomic mass is 32.2. The maximum atomic E-state index is 12.6. The number of thioether (sulfide) groups is 1. The van der Waals surface area contributed by atoms with E-state index >= 15 is 0 Å². The number of nitrogens with zero attached hydrogens (tertiary/aromatic N) is 4. The Hall–Kier alpha value is -4.44. The monoisotopic (exact) mass is 557 g/mol. The lowest BCUT2D eigenvalue weighted by molar-refractivity contribution is -0.132. The number of methoxy groups -OCH3 is 1. The number of esters is 1. The van der Waals surface area contributed by atoms with Crippen molar-refractivity contribution in [1.82, 2.24) is 20.2 Å². The zero-order valence-corrected chi connectivity index (χ0v) is 23.9. The van der Waals surface area contributed by atoms with Crippen LogP contribution in [0, 0.1) is 0 Å². The van der Waals surface area contributed by atoms with Crippen LogP contribution in [0.2, 0.25) is 0 Å². The fourth-order valence-corrected chi connectivity index (χ4v) is 4.57. The predicted molar refractivity (Wildman–Crippen MR) is 156 cm³/mol. The first-order valence-corrected chi connectivity index (χ1v) is 13.6. The van der Waals surface area contributed by atoms with Gasteiger partial charge in [0.2, 0.25) is 0 Å². The third kappa shape index (κ3) is 7.15. The van der Waals surface area contributed by atoms with Gasteiger partial charge in [0.15, 0.2) is 22.5 Å². The number of carbonyl (C=O) groups excluding carboxylic acids is 2. The molecule has 0 saturated carbocycles. The summed E-state index contributed by atoms with van der Waals surface area (Å²) in [7, 11) is 1.47. The van der Waals surface area contributed by atoms with E-state index in [1.165, 1.54) is 37.6 Å². The number of rotatable bonds is 9. The van der Waals surface area contributed by atoms with Crippen molar-refractivity contribution in [3.8, 4) is 28.6 Å². The van der Waals surface area contributed by atoms with E-state index in [4.69, 9.17) is 9.47 Å². The number of aromatic nitrogens is 3. The second-order valence-electron chi connectivity index (χ2n) is 9.89. The molecule has 0 spiro atoms. The Morgan fingerprint density at radius 2 is 1.73 bits per heavy atom. The summed E-state index contributed by atoms with van der Waals surface area (Å²) in [5, 5.41) is 13.5. The van der Waals surface area contributed by atoms with Crippen LogP contribution in [0.15, 0.2) is 83.1 Å². The SMILES string of the molecule is COc1cc(C=NNC(=O)CSc2nnc(-c3ccc(C(C)(C)C)cc3)n2-c2ccccc2)ccc1OC(C)=O. The van der Waals surface area contributed by atoms with E-state index in [1.54, 1.807) is 18.2 Å². The standard InChI is InChI=1S/C30H31N5O4S/c1-20(36)39-25-16-11-21(17-26(25)38-5)18-31-32-27(37)19-40-29-34-33-28(35(29)24-9-7-6-8-10-24)22-12-14-23(15-13-22)30(2,3)4/h6-18H,19H2,1-5H3,(H,32,37). The Labute approximate surface area is 237 Å². The first kappa shape index (κ1) is 28.6. The number of hydrogen-bond donors (Lipinski definition) is 1. The van der Waals surface area contributed by atoms with Crippen molar-refractivity contribution in [2.75, 3.05) is 12.9 Å². The van der Waals surface area contributed by atoms with Gasteiger partial charge in [0.25, 0.3) is 5.91 Å². The summed E-state index contributed by atoms with van der Waals surface area (Å²) in [6.45, 7) is 7.85. The minimum absolute atomic E-state index is 0.0436. The van der Waals surface area contributed by atoms with E-state index < -0.39 is 5.97 Å². The molecule has 1 aromatic heterocycles. The van der Waals surface area contributed by atoms with Gasteiger partial charge in [-0.15, -0.1) is 10.2 Å². The molecule has 1 heterocycles. The molecule has 0 aliphatic heterocycles. The maximum absolute atomic E-state index is 12.6. The molecular formula is C30H31N5O4S. The van der Waals surface area contributed by atoms with Gasteiger partial charge in [0, 0.05) is 18.2 Å². The molecule has 0 atom stereocenters. The molecule has 0 aliphatic carbocycles. The Kier molecular flexibility index (Phi) is 9.00. The van der Waals surface area contributed by atoms with Gasteiger partial charge in [0.1, 0.15) is 0 Å². The van der Waals surface area contributed by atoms with Gasteiger partial charge in [-0.05, 0) is 46.9 Å². The summed E-state index contributed by atoms with van der Waals surface area (Å²) in [6, 6.07) is 23.1. The third-order valence-corrected chi connectivity index (χ3v) is 6.76. The smallest absolute Gasteiger partial charge is 0.308 e. The van der Waals surface area contributed by atoms with E-state index in [2.05, 4.69) is 53.6 Å². The minimum atomic E-state index is -0.446. The van der Waals surface area contributed by atoms with Gasteiger partial charge >= 0.3 is 5.97 Å². The zero-order valence-electron chi connectivity index (χ0n) is 23.0. The molecule has 4 rings (SSSR count). The van der Waals surface area contributed by atoms with Crippen LogP contribution in [0.4, 0.5) is 0 Å². The lowest BCUT2D eigenvalue weighted by Gasteiger charge is -2.19. The summed E-state index contributed by atoms with van der Waals surface area (Å²) in [5.74, 6) is 0.713. The van der Waals surface area contributed by atoms with Gasteiger partial charge in [-0.2, -0.15) is 5.10 Å². The molecule has 4 aromatic rings. The summed E-state index contributed by atoms with van der Waals surface area (Å²) in [5.41, 5.74) is 6.29. The van der Waals surface area contributed by atoms with Gasteiger partial charge in [-0.1, -0.05) is 75.0 Å². The summed E-state index contributed by atoms with van der Waals surface area (Å²) >= 11 is 1.27. The fourth-order valence-electron chi connectivity index (χ4n) is 3.82. The molecular weight excluding hydrogens is 526 g/mol. The normalized spacial score (nSPS) is 11.4. The van der Waals surface area contributed by atoms with Crippen molar-refractivity contribution >= 4 is 29.9 Å². The predicted octanol–water partition coefficient (Wildman–Crippen LogP) is 5.41. The van der Waals surface area contributed by atoms with Crippen molar-refractivity contribution in [2.45, 2.75) is 38.3 Å². The van der Waals surface area contributed by atoms with Crippen molar-refractivity contribution in [3.05, 3.63) is 83.9 Å². The summed E-state index contributed by atoms with van der Waals surface area (Å²) in [6.07, 6.45) is 1.48. The van der Waals surface area contributed by atoms with Crippen LogP contribution in [0.5, 0.6) is 11.5 Å². The molecule has 40 heavy (non-hydrogen) atoms. The first-order valence-electron chi connectivity index (χ1n) is 12.6. The summed E-state index contributed by atoms with van der Waals surface area (Å²) in [4.78, 5) is 23.8. The van der Waals surface area contributed by atoms with E-state index in [1.807, 2.05) is 47.0 Å². The summed E-state index contributed by atoms with van der Waals surface area (Å²) < 4.78 is 12.3. The minimum Gasteiger partial charge on any atom is -0.493 e. The van der Waals surface area contributed by atoms with Crippen molar-refractivity contribution in [3.63, 3.8) is 0 Å². The highest BCUT2D eigenvalue weighted by Gasteiger charge is 2.19. The van der Waals surface area contributed by atoms with Crippen LogP contribution in [0.1, 0.15) is 38.8 Å². The highest BCUT2D eigenvalue weighted by molar-refractivity contribution is 7.99. The number of amides is 1. The molecule has 0 aliphatic rings. The van der Waals surface area contributed by atoms with Gasteiger partial charge in [-0.3, -0.25) is 14.2 Å². The number of para-hydroxylation sites is 1. The van der Waals surface area contributed by atoms with E-state index in [0.29, 0.717) is 28.0 Å². The zero-order chi connectivity index (χ0) is 28.7. The Bertz CT molecular complexity index is 1510. The Morgan fingerprint density at radius 3 is 2.38 bits per heavy atom. The van der Waals surface area contributed by atoms with Gasteiger partial charge in [-0.25, -0.2) is 5.43 Å². The van der Waals surface area contributed by atoms with Crippen molar-refractivity contribution in [1.29, 1.82) is 0 Å². The molecule has 1 N–H and O–H groups in total. The number of benzene rings is 3. The average Bonchev–Trinajstić information content (AvgIpc) is 3.36. The van der Waals surface area contributed by atoms with E-state index in [0.717, 1.165) is 11.3 Å². The van der Waals surface area contributed by atoms with Crippen LogP contribution < -0.4 is 14.9 Å². The number of carbonyl (C=O) groups is 2. The quantitative estimate of drug-likeness (QED) is 0.0964. The lowest BCUT2D eigenvalue weighted by Crippen LogP contribution is -2.20. The molecule has 0 unspecified atom stereocenters. The van der Waals surface area contributed by atoms with Crippen LogP contribution in [-0.2, 0) is 15.0 Å². The van der Waals surface area contributed by atoms with E-state index in [-0.39, 0.29) is 17.1 Å². The van der Waals surface area contributed by atoms with Gasteiger partial charge < -0.3 is 9.47 Å². The third-order valence-electron chi connectivity index (χ3n) is 5.83. The maximum Gasteiger partial charge on any atom is 0.308 e.